The minimum absolute atomic E-state index is 0.00688. The lowest BCUT2D eigenvalue weighted by Crippen LogP contribution is -2.51. The summed E-state index contributed by atoms with van der Waals surface area (Å²) in [6, 6.07) is 17.8. The van der Waals surface area contributed by atoms with Crippen LogP contribution in [0.3, 0.4) is 0 Å². The fourth-order valence-corrected chi connectivity index (χ4v) is 7.82. The van der Waals surface area contributed by atoms with E-state index in [0.29, 0.717) is 13.1 Å². The van der Waals surface area contributed by atoms with E-state index in [4.69, 9.17) is 19.4 Å². The Kier molecular flexibility index (Phi) is 10.6. The molecule has 4 atom stereocenters. The largest absolute Gasteiger partial charge is 0.469 e. The number of aromatic amines is 2. The Morgan fingerprint density at radius 3 is 2.13 bits per heavy atom. The van der Waals surface area contributed by atoms with Crippen LogP contribution in [0.4, 0.5) is 4.79 Å². The van der Waals surface area contributed by atoms with Crippen molar-refractivity contribution in [2.75, 3.05) is 27.3 Å². The Balaban J connectivity index is 1.06. The summed E-state index contributed by atoms with van der Waals surface area (Å²) in [5.41, 5.74) is 5.70. The Morgan fingerprint density at radius 2 is 1.45 bits per heavy atom. The van der Waals surface area contributed by atoms with E-state index < -0.39 is 18.1 Å². The maximum Gasteiger partial charge on any atom is 0.407 e. The molecule has 0 spiro atoms. The molecule has 13 heteroatoms. The van der Waals surface area contributed by atoms with Gasteiger partial charge in [0.1, 0.15) is 17.7 Å². The first-order valence-corrected chi connectivity index (χ1v) is 19.1. The molecule has 2 fully saturated rings. The van der Waals surface area contributed by atoms with Crippen LogP contribution in [0.25, 0.3) is 44.2 Å². The van der Waals surface area contributed by atoms with Gasteiger partial charge in [0.05, 0.1) is 61.6 Å². The fraction of sp³-hybridized carbons (Fsp3) is 0.429. The standard InChI is InChI=1S/C42H49N7O6/c1-23(2)30(21-36(50)54-5)40(51)49-17-15-35(49)39-44-31-14-13-28(20-32(31)45-39)26-9-10-27-19-29(12-11-25(27)18-26)33-22-43-38(46-33)34-8-7-16-48(34)41(52)37(24(3)4)47-42(53)55-6/h9-14,18-20,22-24,30,34-35,37H,7-8,15-17,21H2,1-6H3,(H,43,46)(H,44,45)(H,47,53)/t30-,34-,35-,37-/m0/s1. The second-order valence-corrected chi connectivity index (χ2v) is 15.3. The summed E-state index contributed by atoms with van der Waals surface area (Å²) in [5.74, 6) is 0.389. The van der Waals surface area contributed by atoms with Crippen molar-refractivity contribution in [3.63, 3.8) is 0 Å². The van der Waals surface area contributed by atoms with Crippen LogP contribution in [-0.4, -0.2) is 87.0 Å². The summed E-state index contributed by atoms with van der Waals surface area (Å²) < 4.78 is 9.62. The number of rotatable bonds is 11. The Bertz CT molecular complexity index is 2240. The third kappa shape index (κ3) is 7.52. The van der Waals surface area contributed by atoms with Crippen LogP contribution < -0.4 is 5.32 Å². The van der Waals surface area contributed by atoms with Crippen LogP contribution in [0, 0.1) is 17.8 Å². The van der Waals surface area contributed by atoms with Gasteiger partial charge in [0.15, 0.2) is 0 Å². The number of ether oxygens (including phenoxy) is 2. The molecule has 4 heterocycles. The molecule has 2 aliphatic rings. The maximum absolute atomic E-state index is 13.6. The lowest BCUT2D eigenvalue weighted by atomic mass is 9.88. The van der Waals surface area contributed by atoms with Crippen LogP contribution in [0.15, 0.2) is 60.8 Å². The normalized spacial score (nSPS) is 18.1. The van der Waals surface area contributed by atoms with Crippen LogP contribution in [-0.2, 0) is 23.9 Å². The van der Waals surface area contributed by atoms with E-state index in [2.05, 4.69) is 63.8 Å². The van der Waals surface area contributed by atoms with Gasteiger partial charge in [-0.05, 0) is 77.3 Å². The van der Waals surface area contributed by atoms with E-state index in [0.717, 1.165) is 75.1 Å². The van der Waals surface area contributed by atoms with Gasteiger partial charge in [-0.1, -0.05) is 58.0 Å². The van der Waals surface area contributed by atoms with E-state index in [1.54, 1.807) is 0 Å². The van der Waals surface area contributed by atoms with E-state index >= 15 is 0 Å². The molecule has 3 aromatic carbocycles. The van der Waals surface area contributed by atoms with Crippen LogP contribution in [0.1, 0.15) is 77.1 Å². The van der Waals surface area contributed by atoms with Crippen molar-refractivity contribution in [1.29, 1.82) is 0 Å². The highest BCUT2D eigenvalue weighted by atomic mass is 16.5. The first kappa shape index (κ1) is 37.6. The number of fused-ring (bicyclic) bond motifs is 2. The Morgan fingerprint density at radius 1 is 0.782 bits per heavy atom. The number of hydrogen-bond donors (Lipinski definition) is 3. The molecule has 0 aliphatic carbocycles. The van der Waals surface area contributed by atoms with Gasteiger partial charge in [0.2, 0.25) is 11.8 Å². The van der Waals surface area contributed by atoms with Gasteiger partial charge in [-0.2, -0.15) is 0 Å². The first-order valence-electron chi connectivity index (χ1n) is 19.1. The topological polar surface area (TPSA) is 163 Å². The summed E-state index contributed by atoms with van der Waals surface area (Å²) in [4.78, 5) is 71.2. The molecule has 288 valence electrons. The molecule has 0 unspecified atom stereocenters. The van der Waals surface area contributed by atoms with Crippen LogP contribution >= 0.6 is 0 Å². The molecule has 7 rings (SSSR count). The number of aromatic nitrogens is 4. The van der Waals surface area contributed by atoms with Gasteiger partial charge in [-0.3, -0.25) is 14.4 Å². The van der Waals surface area contributed by atoms with E-state index in [1.165, 1.54) is 14.2 Å². The molecule has 0 saturated carbocycles. The summed E-state index contributed by atoms with van der Waals surface area (Å²) in [6.07, 6.45) is 3.70. The molecule has 13 nitrogen and oxygen atoms in total. The number of hydrogen-bond acceptors (Lipinski definition) is 8. The van der Waals surface area contributed by atoms with Crippen molar-refractivity contribution in [2.45, 2.75) is 71.5 Å². The van der Waals surface area contributed by atoms with Gasteiger partial charge in [0, 0.05) is 18.7 Å². The summed E-state index contributed by atoms with van der Waals surface area (Å²) in [6.45, 7) is 8.95. The summed E-state index contributed by atoms with van der Waals surface area (Å²) in [5, 5.41) is 4.87. The lowest BCUT2D eigenvalue weighted by molar-refractivity contribution is -0.152. The molecule has 0 bridgehead atoms. The molecule has 0 radical (unpaired) electrons. The van der Waals surface area contributed by atoms with E-state index in [9.17, 15) is 19.2 Å². The third-order valence-electron chi connectivity index (χ3n) is 11.2. The van der Waals surface area contributed by atoms with Crippen LogP contribution in [0.5, 0.6) is 0 Å². The van der Waals surface area contributed by atoms with Crippen molar-refractivity contribution >= 4 is 45.7 Å². The van der Waals surface area contributed by atoms with Gasteiger partial charge in [-0.25, -0.2) is 14.8 Å². The number of nitrogens with zero attached hydrogens (tertiary/aromatic N) is 4. The Labute approximate surface area is 320 Å². The van der Waals surface area contributed by atoms with Crippen molar-refractivity contribution in [3.8, 4) is 22.4 Å². The quantitative estimate of drug-likeness (QED) is 0.123. The monoisotopic (exact) mass is 747 g/mol. The molecular formula is C42H49N7O6. The molecule has 2 aliphatic heterocycles. The molecule has 3 N–H and O–H groups in total. The van der Waals surface area contributed by atoms with Crippen molar-refractivity contribution in [2.24, 2.45) is 17.8 Å². The maximum atomic E-state index is 13.6. The molecule has 2 saturated heterocycles. The minimum Gasteiger partial charge on any atom is -0.469 e. The zero-order chi connectivity index (χ0) is 39.0. The number of methoxy groups -OCH3 is 2. The summed E-state index contributed by atoms with van der Waals surface area (Å²) in [7, 11) is 2.64. The number of carbonyl (C=O) groups excluding carboxylic acids is 4. The number of carbonyl (C=O) groups is 4. The van der Waals surface area contributed by atoms with Crippen LogP contribution in [0.2, 0.25) is 0 Å². The molecule has 5 aromatic rings. The Hall–Kier alpha value is -5.72. The SMILES string of the molecule is COC(=O)C[C@H](C(=O)N1CC[C@H]1c1nc2ccc(-c3ccc4cc(-c5cnc([C@@H]6CCCN6C(=O)[C@@H](NC(=O)OC)C(C)C)[nH]5)ccc4c3)cc2[nH]1)C(C)C. The van der Waals surface area contributed by atoms with Gasteiger partial charge >= 0.3 is 12.1 Å². The number of nitrogens with one attached hydrogen (secondary N) is 3. The van der Waals surface area contributed by atoms with E-state index in [-0.39, 0.29) is 48.1 Å². The molecule has 3 amide bonds. The number of amides is 3. The second-order valence-electron chi connectivity index (χ2n) is 15.3. The smallest absolute Gasteiger partial charge is 0.407 e. The predicted octanol–water partition coefficient (Wildman–Crippen LogP) is 6.93. The van der Waals surface area contributed by atoms with Crippen molar-refractivity contribution < 1.29 is 28.7 Å². The number of benzene rings is 3. The highest BCUT2D eigenvalue weighted by Crippen LogP contribution is 2.37. The average Bonchev–Trinajstić information content (AvgIpc) is 3.94. The summed E-state index contributed by atoms with van der Waals surface area (Å²) >= 11 is 0. The fourth-order valence-electron chi connectivity index (χ4n) is 7.82. The molecule has 55 heavy (non-hydrogen) atoms. The number of imidazole rings is 2. The predicted molar refractivity (Wildman–Crippen MR) is 209 cm³/mol. The number of H-pyrrole nitrogens is 2. The second kappa shape index (κ2) is 15.6. The highest BCUT2D eigenvalue weighted by molar-refractivity contribution is 5.92. The van der Waals surface area contributed by atoms with Gasteiger partial charge in [-0.15, -0.1) is 0 Å². The van der Waals surface area contributed by atoms with Gasteiger partial charge < -0.3 is 34.6 Å². The van der Waals surface area contributed by atoms with E-state index in [1.807, 2.05) is 49.8 Å². The lowest BCUT2D eigenvalue weighted by Gasteiger charge is -2.42. The zero-order valence-electron chi connectivity index (χ0n) is 32.2. The molecule has 2 aromatic heterocycles. The minimum atomic E-state index is -0.689. The highest BCUT2D eigenvalue weighted by Gasteiger charge is 2.40. The molecular weight excluding hydrogens is 699 g/mol. The van der Waals surface area contributed by atoms with Crippen molar-refractivity contribution in [3.05, 3.63) is 72.4 Å². The number of esters is 1. The average molecular weight is 748 g/mol. The third-order valence-corrected chi connectivity index (χ3v) is 11.2. The van der Waals surface area contributed by atoms with Crippen molar-refractivity contribution in [1.82, 2.24) is 35.1 Å². The zero-order valence-corrected chi connectivity index (χ0v) is 32.2. The first-order chi connectivity index (χ1) is 26.4. The number of alkyl carbamates (subject to hydrolysis) is 1. The number of likely N-dealkylation sites (tertiary alicyclic amines) is 2. The van der Waals surface area contributed by atoms with Gasteiger partial charge in [0.25, 0.3) is 0 Å².